The van der Waals surface area contributed by atoms with Crippen molar-refractivity contribution in [1.29, 1.82) is 0 Å². The second-order valence-corrected chi connectivity index (χ2v) is 12.3. The molecule has 1 aliphatic heterocycles. The predicted molar refractivity (Wildman–Crippen MR) is 154 cm³/mol. The molecule has 0 radical (unpaired) electrons. The molecule has 8 nitrogen and oxygen atoms in total. The van der Waals surface area contributed by atoms with Gasteiger partial charge in [-0.2, -0.15) is 4.31 Å². The topological polar surface area (TPSA) is 83.0 Å². The average Bonchev–Trinajstić information content (AvgIpc) is 3.16. The number of para-hydroxylation sites is 1. The zero-order valence-corrected chi connectivity index (χ0v) is 24.2. The number of fused-ring (bicyclic) bond motifs is 1. The third-order valence-electron chi connectivity index (χ3n) is 6.98. The van der Waals surface area contributed by atoms with Crippen molar-refractivity contribution >= 4 is 42.6 Å². The van der Waals surface area contributed by atoms with Gasteiger partial charge in [0.25, 0.3) is 5.91 Å². The molecule has 1 saturated heterocycles. The molecule has 0 bridgehead atoms. The number of carbonyl (C=O) groups excluding carboxylic acids is 1. The van der Waals surface area contributed by atoms with Crippen molar-refractivity contribution in [3.05, 3.63) is 48.0 Å². The van der Waals surface area contributed by atoms with E-state index in [0.29, 0.717) is 49.2 Å². The second-order valence-electron chi connectivity index (χ2n) is 9.36. The molecule has 0 atom stereocenters. The molecule has 1 fully saturated rings. The maximum absolute atomic E-state index is 13.8. The van der Waals surface area contributed by atoms with Gasteiger partial charge in [-0.3, -0.25) is 9.69 Å². The Hall–Kier alpha value is -2.53. The first-order chi connectivity index (χ1) is 18.4. The van der Waals surface area contributed by atoms with Crippen molar-refractivity contribution in [3.8, 4) is 5.75 Å². The lowest BCUT2D eigenvalue weighted by Gasteiger charge is -2.25. The third-order valence-corrected chi connectivity index (χ3v) is 9.94. The van der Waals surface area contributed by atoms with Gasteiger partial charge in [0.1, 0.15) is 11.3 Å². The maximum atomic E-state index is 13.8. The summed E-state index contributed by atoms with van der Waals surface area (Å²) in [6.07, 6.45) is 3.87. The van der Waals surface area contributed by atoms with E-state index in [4.69, 9.17) is 9.72 Å². The summed E-state index contributed by atoms with van der Waals surface area (Å²) < 4.78 is 34.7. The minimum atomic E-state index is -3.58. The van der Waals surface area contributed by atoms with Gasteiger partial charge in [-0.05, 0) is 69.3 Å². The number of amides is 1. The van der Waals surface area contributed by atoms with Gasteiger partial charge < -0.3 is 9.64 Å². The third kappa shape index (κ3) is 6.36. The van der Waals surface area contributed by atoms with Crippen LogP contribution in [0.5, 0.6) is 5.75 Å². The molecule has 4 rings (SSSR count). The molecule has 1 amide bonds. The number of thiazole rings is 1. The molecule has 0 aliphatic carbocycles. The van der Waals surface area contributed by atoms with Crippen LogP contribution in [0.4, 0.5) is 5.13 Å². The van der Waals surface area contributed by atoms with Crippen molar-refractivity contribution < 1.29 is 17.9 Å². The van der Waals surface area contributed by atoms with Crippen LogP contribution in [0.15, 0.2) is 47.4 Å². The maximum Gasteiger partial charge on any atom is 0.260 e. The molecule has 1 aromatic heterocycles. The molecule has 3 aromatic rings. The number of ether oxygens (including phenoxy) is 1. The number of benzene rings is 2. The first kappa shape index (κ1) is 28.5. The van der Waals surface area contributed by atoms with E-state index in [1.54, 1.807) is 33.5 Å². The lowest BCUT2D eigenvalue weighted by atomic mass is 10.2. The van der Waals surface area contributed by atoms with Gasteiger partial charge in [0, 0.05) is 31.7 Å². The number of sulfonamides is 1. The van der Waals surface area contributed by atoms with E-state index in [1.165, 1.54) is 11.3 Å². The Morgan fingerprint density at radius 2 is 1.66 bits per heavy atom. The van der Waals surface area contributed by atoms with Gasteiger partial charge in [-0.15, -0.1) is 0 Å². The van der Waals surface area contributed by atoms with Crippen LogP contribution in [0.1, 0.15) is 56.8 Å². The van der Waals surface area contributed by atoms with Gasteiger partial charge in [-0.25, -0.2) is 13.4 Å². The standard InChI is InChI=1S/C28H38N4O4S2/c1-4-30(5-2)20-21-32(28-29-26-24(36-6-3)12-11-13-25(26)37-28)27(33)22-14-16-23(17-15-22)38(34,35)31-18-9-7-8-10-19-31/h11-17H,4-10,18-21H2,1-3H3. The summed E-state index contributed by atoms with van der Waals surface area (Å²) in [6.45, 7) is 10.7. The van der Waals surface area contributed by atoms with Crippen molar-refractivity contribution in [2.45, 2.75) is 51.3 Å². The summed E-state index contributed by atoms with van der Waals surface area (Å²) in [5, 5.41) is 0.602. The van der Waals surface area contributed by atoms with Gasteiger partial charge in [0.15, 0.2) is 5.13 Å². The van der Waals surface area contributed by atoms with E-state index in [2.05, 4.69) is 18.7 Å². The Morgan fingerprint density at radius 3 is 2.29 bits per heavy atom. The number of carbonyl (C=O) groups is 1. The number of nitrogens with zero attached hydrogens (tertiary/aromatic N) is 4. The Bertz CT molecular complexity index is 1310. The first-order valence-corrected chi connectivity index (χ1v) is 15.8. The number of anilines is 1. The van der Waals surface area contributed by atoms with Gasteiger partial charge in [-0.1, -0.05) is 44.1 Å². The Kier molecular flexibility index (Phi) is 9.75. The summed E-state index contributed by atoms with van der Waals surface area (Å²) in [5.74, 6) is 0.500. The molecule has 2 heterocycles. The fourth-order valence-electron chi connectivity index (χ4n) is 4.72. The first-order valence-electron chi connectivity index (χ1n) is 13.6. The van der Waals surface area contributed by atoms with E-state index in [9.17, 15) is 13.2 Å². The molecule has 10 heteroatoms. The number of hydrogen-bond acceptors (Lipinski definition) is 7. The molecular weight excluding hydrogens is 520 g/mol. The lowest BCUT2D eigenvalue weighted by Crippen LogP contribution is -2.39. The smallest absolute Gasteiger partial charge is 0.260 e. The quantitative estimate of drug-likeness (QED) is 0.320. The minimum absolute atomic E-state index is 0.201. The summed E-state index contributed by atoms with van der Waals surface area (Å²) in [4.78, 5) is 22.8. The van der Waals surface area contributed by atoms with E-state index < -0.39 is 10.0 Å². The molecule has 2 aromatic carbocycles. The molecule has 0 N–H and O–H groups in total. The fourth-order valence-corrected chi connectivity index (χ4v) is 7.25. The van der Waals surface area contributed by atoms with Crippen LogP contribution in [0.2, 0.25) is 0 Å². The Labute approximate surface area is 230 Å². The molecule has 0 spiro atoms. The van der Waals surface area contributed by atoms with Crippen LogP contribution < -0.4 is 9.64 Å². The summed E-state index contributed by atoms with van der Waals surface area (Å²) in [6, 6.07) is 12.2. The largest absolute Gasteiger partial charge is 0.492 e. The van der Waals surface area contributed by atoms with Crippen LogP contribution in [-0.2, 0) is 10.0 Å². The highest BCUT2D eigenvalue weighted by molar-refractivity contribution is 7.89. The number of likely N-dealkylation sites (N-methyl/N-ethyl adjacent to an activating group) is 1. The second kappa shape index (κ2) is 13.0. The number of rotatable bonds is 11. The minimum Gasteiger partial charge on any atom is -0.492 e. The molecule has 0 unspecified atom stereocenters. The highest BCUT2D eigenvalue weighted by Crippen LogP contribution is 2.35. The Morgan fingerprint density at radius 1 is 0.974 bits per heavy atom. The summed E-state index contributed by atoms with van der Waals surface area (Å²) in [5.41, 5.74) is 1.18. The monoisotopic (exact) mass is 558 g/mol. The normalized spacial score (nSPS) is 15.1. The zero-order valence-electron chi connectivity index (χ0n) is 22.6. The average molecular weight is 559 g/mol. The molecule has 38 heavy (non-hydrogen) atoms. The van der Waals surface area contributed by atoms with E-state index in [1.807, 2.05) is 25.1 Å². The van der Waals surface area contributed by atoms with E-state index in [-0.39, 0.29) is 10.8 Å². The molecular formula is C28H38N4O4S2. The SMILES string of the molecule is CCOc1cccc2sc(N(CCN(CC)CC)C(=O)c3ccc(S(=O)(=O)N4CCCCCC4)cc3)nc12. The predicted octanol–water partition coefficient (Wildman–Crippen LogP) is 5.25. The molecule has 0 saturated carbocycles. The van der Waals surface area contributed by atoms with Crippen LogP contribution >= 0.6 is 11.3 Å². The highest BCUT2D eigenvalue weighted by atomic mass is 32.2. The van der Waals surface area contributed by atoms with E-state index >= 15 is 0 Å². The van der Waals surface area contributed by atoms with Crippen molar-refractivity contribution in [3.63, 3.8) is 0 Å². The van der Waals surface area contributed by atoms with E-state index in [0.717, 1.165) is 49.0 Å². The van der Waals surface area contributed by atoms with Crippen LogP contribution in [-0.4, -0.2) is 74.4 Å². The van der Waals surface area contributed by atoms with Gasteiger partial charge in [0.2, 0.25) is 10.0 Å². The lowest BCUT2D eigenvalue weighted by molar-refractivity contribution is 0.0983. The summed E-state index contributed by atoms with van der Waals surface area (Å²) >= 11 is 1.46. The summed E-state index contributed by atoms with van der Waals surface area (Å²) in [7, 11) is -3.58. The van der Waals surface area contributed by atoms with Crippen LogP contribution in [0, 0.1) is 0 Å². The number of aromatic nitrogens is 1. The molecule has 206 valence electrons. The van der Waals surface area contributed by atoms with Crippen LogP contribution in [0.25, 0.3) is 10.2 Å². The Balaban J connectivity index is 1.63. The van der Waals surface area contributed by atoms with Crippen molar-refractivity contribution in [2.24, 2.45) is 0 Å². The number of hydrogen-bond donors (Lipinski definition) is 0. The zero-order chi connectivity index (χ0) is 27.1. The highest BCUT2D eigenvalue weighted by Gasteiger charge is 2.27. The van der Waals surface area contributed by atoms with Crippen molar-refractivity contribution in [1.82, 2.24) is 14.2 Å². The molecule has 1 aliphatic rings. The van der Waals surface area contributed by atoms with Crippen LogP contribution in [0.3, 0.4) is 0 Å². The van der Waals surface area contributed by atoms with Gasteiger partial charge >= 0.3 is 0 Å². The van der Waals surface area contributed by atoms with Gasteiger partial charge in [0.05, 0.1) is 16.2 Å². The fraction of sp³-hybridized carbons (Fsp3) is 0.500. The van der Waals surface area contributed by atoms with Crippen molar-refractivity contribution in [2.75, 3.05) is 50.8 Å².